The quantitative estimate of drug-likeness (QED) is 0.344. The van der Waals surface area contributed by atoms with Crippen molar-refractivity contribution >= 4 is 39.5 Å². The van der Waals surface area contributed by atoms with Gasteiger partial charge in [-0.15, -0.1) is 26.3 Å². The van der Waals surface area contributed by atoms with E-state index in [1.807, 2.05) is 0 Å². The van der Waals surface area contributed by atoms with Gasteiger partial charge in [0.05, 0.1) is 0 Å². The van der Waals surface area contributed by atoms with Crippen molar-refractivity contribution in [2.75, 3.05) is 0 Å². The van der Waals surface area contributed by atoms with E-state index < -0.39 is 24.2 Å². The number of hydrogen-bond donors (Lipinski definition) is 0. The average Bonchev–Trinajstić information content (AvgIpc) is 2.48. The van der Waals surface area contributed by atoms with Crippen LogP contribution in [0.4, 0.5) is 26.3 Å². The normalized spacial score (nSPS) is 11.7. The van der Waals surface area contributed by atoms with Crippen molar-refractivity contribution in [3.63, 3.8) is 0 Å². The Labute approximate surface area is 165 Å². The summed E-state index contributed by atoms with van der Waals surface area (Å²) in [6.45, 7) is 0. The summed E-state index contributed by atoms with van der Waals surface area (Å²) in [5.74, 6) is -2.13. The van der Waals surface area contributed by atoms with Crippen molar-refractivity contribution in [1.29, 1.82) is 0 Å². The third-order valence-electron chi connectivity index (χ3n) is 2.61. The molecule has 0 bridgehead atoms. The summed E-state index contributed by atoms with van der Waals surface area (Å²) in [4.78, 5) is 0. The molecule has 2 aromatic carbocycles. The Kier molecular flexibility index (Phi) is 6.79. The second-order valence-corrected chi connectivity index (χ2v) is 6.44. The zero-order valence-corrected chi connectivity index (χ0v) is 15.9. The van der Waals surface area contributed by atoms with Crippen LogP contribution in [0.2, 0.25) is 0 Å². The summed E-state index contributed by atoms with van der Waals surface area (Å²) in [5, 5.41) is 0. The van der Waals surface area contributed by atoms with Crippen LogP contribution in [0.25, 0.3) is 0 Å². The molecule has 1 radical (unpaired) electrons. The SMILES string of the molecule is FC(F)(F)Oc1cc(Br)ccc1O[B]Oc1ccc(Br)cc1OC(F)(F)F. The maximum atomic E-state index is 12.4. The van der Waals surface area contributed by atoms with E-state index in [0.29, 0.717) is 7.69 Å². The summed E-state index contributed by atoms with van der Waals surface area (Å²) in [6, 6.07) is 7.00. The van der Waals surface area contributed by atoms with E-state index >= 15 is 0 Å². The van der Waals surface area contributed by atoms with E-state index in [4.69, 9.17) is 9.31 Å². The molecular weight excluding hydrogens is 517 g/mol. The van der Waals surface area contributed by atoms with Crippen LogP contribution in [0.1, 0.15) is 0 Å². The summed E-state index contributed by atoms with van der Waals surface area (Å²) < 4.78 is 92.6. The maximum absolute atomic E-state index is 12.4. The molecule has 0 fully saturated rings. The molecule has 4 nitrogen and oxygen atoms in total. The van der Waals surface area contributed by atoms with Gasteiger partial charge in [0, 0.05) is 8.95 Å². The fourth-order valence-corrected chi connectivity index (χ4v) is 2.38. The maximum Gasteiger partial charge on any atom is 0.658 e. The van der Waals surface area contributed by atoms with E-state index in [1.54, 1.807) is 0 Å². The predicted octanol–water partition coefficient (Wildman–Crippen LogP) is 6.00. The summed E-state index contributed by atoms with van der Waals surface area (Å²) >= 11 is 5.96. The second kappa shape index (κ2) is 8.51. The monoisotopic (exact) mass is 521 g/mol. The molecule has 0 saturated carbocycles. The Morgan fingerprint density at radius 2 is 1.00 bits per heavy atom. The highest BCUT2D eigenvalue weighted by Gasteiger charge is 2.34. The van der Waals surface area contributed by atoms with E-state index in [0.717, 1.165) is 24.3 Å². The lowest BCUT2D eigenvalue weighted by Gasteiger charge is -2.16. The lowest BCUT2D eigenvalue weighted by molar-refractivity contribution is -0.275. The van der Waals surface area contributed by atoms with Crippen LogP contribution >= 0.6 is 31.9 Å². The molecule has 0 amide bonds. The predicted molar refractivity (Wildman–Crippen MR) is 88.7 cm³/mol. The Hall–Kier alpha value is -1.76. The highest BCUT2D eigenvalue weighted by Crippen LogP contribution is 2.36. The summed E-state index contributed by atoms with van der Waals surface area (Å²) in [6.07, 6.45) is -9.95. The summed E-state index contributed by atoms with van der Waals surface area (Å²) in [7, 11) is 0.541. The first-order chi connectivity index (χ1) is 12.4. The molecule has 0 unspecified atom stereocenters. The van der Waals surface area contributed by atoms with Gasteiger partial charge < -0.3 is 18.8 Å². The molecule has 0 aliphatic heterocycles. The lowest BCUT2D eigenvalue weighted by Crippen LogP contribution is -2.20. The highest BCUT2D eigenvalue weighted by atomic mass is 79.9. The molecule has 0 heterocycles. The van der Waals surface area contributed by atoms with E-state index in [-0.39, 0.29) is 20.4 Å². The smallest absolute Gasteiger partial charge is 0.524 e. The van der Waals surface area contributed by atoms with Crippen LogP contribution in [-0.2, 0) is 0 Å². The average molecular weight is 523 g/mol. The number of alkyl halides is 6. The van der Waals surface area contributed by atoms with Gasteiger partial charge in [0.2, 0.25) is 0 Å². The fourth-order valence-electron chi connectivity index (χ4n) is 1.70. The van der Waals surface area contributed by atoms with Crippen molar-refractivity contribution < 1.29 is 45.1 Å². The number of rotatable bonds is 6. The minimum atomic E-state index is -4.97. The molecule has 0 spiro atoms. The first kappa shape index (κ1) is 21.5. The molecule has 2 aromatic rings. The van der Waals surface area contributed by atoms with Crippen molar-refractivity contribution in [3.05, 3.63) is 45.3 Å². The molecular formula is C14H6BBr2F6O4. The van der Waals surface area contributed by atoms with Crippen LogP contribution in [0.5, 0.6) is 23.0 Å². The number of hydrogen-bond acceptors (Lipinski definition) is 4. The van der Waals surface area contributed by atoms with Crippen LogP contribution < -0.4 is 18.8 Å². The van der Waals surface area contributed by atoms with Crippen LogP contribution in [0.15, 0.2) is 45.3 Å². The minimum Gasteiger partial charge on any atom is -0.524 e. The van der Waals surface area contributed by atoms with Gasteiger partial charge in [-0.3, -0.25) is 0 Å². The lowest BCUT2D eigenvalue weighted by atomic mass is 10.2. The zero-order chi connectivity index (χ0) is 20.2. The highest BCUT2D eigenvalue weighted by molar-refractivity contribution is 9.10. The van der Waals surface area contributed by atoms with Crippen molar-refractivity contribution in [2.45, 2.75) is 12.7 Å². The number of ether oxygens (including phenoxy) is 2. The fraction of sp³-hybridized carbons (Fsp3) is 0.143. The number of benzene rings is 2. The first-order valence-corrected chi connectivity index (χ1v) is 8.27. The third-order valence-corrected chi connectivity index (χ3v) is 3.60. The molecule has 27 heavy (non-hydrogen) atoms. The van der Waals surface area contributed by atoms with Crippen LogP contribution in [-0.4, -0.2) is 20.4 Å². The van der Waals surface area contributed by atoms with Crippen molar-refractivity contribution in [2.24, 2.45) is 0 Å². The Morgan fingerprint density at radius 1 is 0.630 bits per heavy atom. The summed E-state index contributed by atoms with van der Waals surface area (Å²) in [5.41, 5.74) is 0. The van der Waals surface area contributed by atoms with Gasteiger partial charge in [-0.2, -0.15) is 0 Å². The van der Waals surface area contributed by atoms with Gasteiger partial charge in [0.15, 0.2) is 11.5 Å². The minimum absolute atomic E-state index is 0.281. The van der Waals surface area contributed by atoms with Gasteiger partial charge >= 0.3 is 20.4 Å². The largest absolute Gasteiger partial charge is 0.658 e. The van der Waals surface area contributed by atoms with Crippen LogP contribution in [0.3, 0.4) is 0 Å². The van der Waals surface area contributed by atoms with E-state index in [1.165, 1.54) is 12.1 Å². The van der Waals surface area contributed by atoms with Crippen LogP contribution in [0, 0.1) is 0 Å². The Morgan fingerprint density at radius 3 is 1.33 bits per heavy atom. The van der Waals surface area contributed by atoms with Gasteiger partial charge in [0.25, 0.3) is 0 Å². The number of halogens is 8. The molecule has 0 saturated heterocycles. The molecule has 0 aliphatic rings. The molecule has 0 aliphatic carbocycles. The van der Waals surface area contributed by atoms with Crippen molar-refractivity contribution in [1.82, 2.24) is 0 Å². The van der Waals surface area contributed by atoms with E-state index in [9.17, 15) is 26.3 Å². The topological polar surface area (TPSA) is 36.9 Å². The van der Waals surface area contributed by atoms with E-state index in [2.05, 4.69) is 41.3 Å². The standard InChI is InChI=1S/C14H6BBr2F6O4/c16-7-1-3-9(11(5-7)24-13(18,19)20)26-15-27-10-4-2-8(17)6-12(10)25-14(21,22)23/h1-6H. The van der Waals surface area contributed by atoms with Gasteiger partial charge in [0.1, 0.15) is 11.5 Å². The Bertz CT molecular complexity index is 735. The molecule has 0 atom stereocenters. The van der Waals surface area contributed by atoms with Gasteiger partial charge in [-0.25, -0.2) is 0 Å². The van der Waals surface area contributed by atoms with Gasteiger partial charge in [-0.1, -0.05) is 31.9 Å². The molecule has 145 valence electrons. The molecule has 0 aromatic heterocycles. The Balaban J connectivity index is 2.11. The van der Waals surface area contributed by atoms with Gasteiger partial charge in [-0.05, 0) is 36.4 Å². The zero-order valence-electron chi connectivity index (χ0n) is 12.7. The molecule has 0 N–H and O–H groups in total. The van der Waals surface area contributed by atoms with Crippen molar-refractivity contribution in [3.8, 4) is 23.0 Å². The third kappa shape index (κ3) is 7.41. The first-order valence-electron chi connectivity index (χ1n) is 6.68. The molecule has 13 heteroatoms. The molecule has 2 rings (SSSR count). The second-order valence-electron chi connectivity index (χ2n) is 4.61.